The molecule has 3 aromatic heterocycles. The third kappa shape index (κ3) is 7.32. The van der Waals surface area contributed by atoms with E-state index in [1.54, 1.807) is 0 Å². The Kier molecular flexibility index (Phi) is 10.1. The molecule has 3 heterocycles. The predicted molar refractivity (Wildman–Crippen MR) is 155 cm³/mol. The van der Waals surface area contributed by atoms with Gasteiger partial charge in [0, 0.05) is 50.8 Å². The monoisotopic (exact) mass is 518 g/mol. The average molecular weight is 519 g/mol. The summed E-state index contributed by atoms with van der Waals surface area (Å²) in [5, 5.41) is 0. The number of aryl methyl sites for hydroxylation is 2. The number of hydrogen-bond donors (Lipinski definition) is 1. The van der Waals surface area contributed by atoms with Crippen molar-refractivity contribution in [3.05, 3.63) is 66.0 Å². The summed E-state index contributed by atoms with van der Waals surface area (Å²) in [4.78, 5) is 22.4. The molecule has 8 nitrogen and oxygen atoms in total. The quantitative estimate of drug-likeness (QED) is 0.192. The van der Waals surface area contributed by atoms with Crippen LogP contribution in [-0.2, 0) is 33.1 Å². The highest BCUT2D eigenvalue weighted by Gasteiger charge is 2.17. The molecule has 1 aromatic carbocycles. The molecule has 0 atom stereocenters. The van der Waals surface area contributed by atoms with E-state index in [-0.39, 0.29) is 0 Å². The van der Waals surface area contributed by atoms with Crippen molar-refractivity contribution in [3.63, 3.8) is 0 Å². The molecule has 0 amide bonds. The molecule has 4 rings (SSSR count). The van der Waals surface area contributed by atoms with E-state index in [1.165, 1.54) is 62.2 Å². The van der Waals surface area contributed by atoms with Crippen LogP contribution >= 0.6 is 0 Å². The summed E-state index contributed by atoms with van der Waals surface area (Å²) in [7, 11) is 2.05. The maximum absolute atomic E-state index is 5.08. The highest BCUT2D eigenvalue weighted by Crippen LogP contribution is 2.25. The van der Waals surface area contributed by atoms with E-state index in [0.29, 0.717) is 6.04 Å². The zero-order valence-corrected chi connectivity index (χ0v) is 24.0. The lowest BCUT2D eigenvalue weighted by Crippen LogP contribution is -2.26. The van der Waals surface area contributed by atoms with Crippen LogP contribution in [0, 0.1) is 0 Å². The van der Waals surface area contributed by atoms with E-state index in [1.807, 2.05) is 31.8 Å². The van der Waals surface area contributed by atoms with Gasteiger partial charge in [0.05, 0.1) is 24.1 Å². The first-order valence-corrected chi connectivity index (χ1v) is 14.4. The standard InChI is InChI=1S/C30H46N8/c1-6-16-36(17-7-2)18-9-8-10-29-34-26-12-11-25(20-27(26)38(29)24(3)4)21-37(22-28-31-13-14-32-28)23-30-33-15-19-35(30)5/h11-15,19-20,24H,6-10,16-18,21-23H2,1-5H3,(H,31,32). The van der Waals surface area contributed by atoms with Crippen LogP contribution in [-0.4, -0.2) is 58.5 Å². The number of imidazole rings is 3. The van der Waals surface area contributed by atoms with Gasteiger partial charge in [-0.1, -0.05) is 19.9 Å². The molecule has 0 aliphatic rings. The van der Waals surface area contributed by atoms with Gasteiger partial charge >= 0.3 is 0 Å². The number of nitrogens with one attached hydrogen (secondary N) is 1. The van der Waals surface area contributed by atoms with Crippen molar-refractivity contribution in [2.24, 2.45) is 7.05 Å². The first-order chi connectivity index (χ1) is 18.5. The van der Waals surface area contributed by atoms with Crippen molar-refractivity contribution in [3.8, 4) is 0 Å². The van der Waals surface area contributed by atoms with Gasteiger partial charge in [0.15, 0.2) is 0 Å². The summed E-state index contributed by atoms with van der Waals surface area (Å²) in [5.41, 5.74) is 3.61. The fraction of sp³-hybridized carbons (Fsp3) is 0.567. The summed E-state index contributed by atoms with van der Waals surface area (Å²) >= 11 is 0. The van der Waals surface area contributed by atoms with Gasteiger partial charge in [0.25, 0.3) is 0 Å². The van der Waals surface area contributed by atoms with Crippen molar-refractivity contribution >= 4 is 11.0 Å². The molecule has 0 aliphatic heterocycles. The van der Waals surface area contributed by atoms with Crippen molar-refractivity contribution in [2.75, 3.05) is 19.6 Å². The van der Waals surface area contributed by atoms with Gasteiger partial charge in [-0.05, 0) is 76.9 Å². The number of fused-ring (bicyclic) bond motifs is 1. The Morgan fingerprint density at radius 3 is 2.37 bits per heavy atom. The lowest BCUT2D eigenvalue weighted by atomic mass is 10.1. The van der Waals surface area contributed by atoms with Crippen molar-refractivity contribution < 1.29 is 0 Å². The van der Waals surface area contributed by atoms with Gasteiger partial charge in [-0.2, -0.15) is 0 Å². The van der Waals surface area contributed by atoms with Crippen LogP contribution in [0.15, 0.2) is 43.0 Å². The van der Waals surface area contributed by atoms with E-state index in [0.717, 1.165) is 43.2 Å². The first-order valence-electron chi connectivity index (χ1n) is 14.4. The fourth-order valence-electron chi connectivity index (χ4n) is 5.40. The Hall–Kier alpha value is -2.97. The van der Waals surface area contributed by atoms with E-state index < -0.39 is 0 Å². The number of rotatable bonds is 16. The third-order valence-electron chi connectivity index (χ3n) is 7.17. The number of aromatic nitrogens is 6. The van der Waals surface area contributed by atoms with E-state index in [2.05, 4.69) is 79.8 Å². The summed E-state index contributed by atoms with van der Waals surface area (Å²) in [5.74, 6) is 3.22. The van der Waals surface area contributed by atoms with Gasteiger partial charge in [0.2, 0.25) is 0 Å². The minimum atomic E-state index is 0.369. The molecule has 0 unspecified atom stereocenters. The summed E-state index contributed by atoms with van der Waals surface area (Å²) < 4.78 is 4.53. The van der Waals surface area contributed by atoms with E-state index in [9.17, 15) is 0 Å². The van der Waals surface area contributed by atoms with Gasteiger partial charge in [-0.25, -0.2) is 15.0 Å². The average Bonchev–Trinajstić information content (AvgIpc) is 3.62. The molecule has 38 heavy (non-hydrogen) atoms. The second kappa shape index (κ2) is 13.7. The smallest absolute Gasteiger partial charge is 0.122 e. The molecule has 0 saturated carbocycles. The van der Waals surface area contributed by atoms with Crippen LogP contribution in [0.25, 0.3) is 11.0 Å². The largest absolute Gasteiger partial charge is 0.348 e. The Balaban J connectivity index is 1.49. The Morgan fingerprint density at radius 2 is 1.71 bits per heavy atom. The number of hydrogen-bond acceptors (Lipinski definition) is 5. The minimum Gasteiger partial charge on any atom is -0.348 e. The second-order valence-electron chi connectivity index (χ2n) is 10.7. The predicted octanol–water partition coefficient (Wildman–Crippen LogP) is 5.72. The van der Waals surface area contributed by atoms with Crippen molar-refractivity contribution in [2.45, 2.75) is 85.5 Å². The van der Waals surface area contributed by atoms with Crippen LogP contribution in [0.4, 0.5) is 0 Å². The molecule has 8 heteroatoms. The molecular weight excluding hydrogens is 472 g/mol. The number of nitrogens with zero attached hydrogens (tertiary/aromatic N) is 7. The van der Waals surface area contributed by atoms with E-state index >= 15 is 0 Å². The lowest BCUT2D eigenvalue weighted by Gasteiger charge is -2.21. The summed E-state index contributed by atoms with van der Waals surface area (Å²) in [6.45, 7) is 15.0. The van der Waals surface area contributed by atoms with Crippen molar-refractivity contribution in [1.29, 1.82) is 0 Å². The molecule has 0 aliphatic carbocycles. The Labute approximate surface area is 228 Å². The topological polar surface area (TPSA) is 70.8 Å². The van der Waals surface area contributed by atoms with Gasteiger partial charge < -0.3 is 19.0 Å². The van der Waals surface area contributed by atoms with Gasteiger partial charge in [-0.15, -0.1) is 0 Å². The van der Waals surface area contributed by atoms with Crippen LogP contribution in [0.5, 0.6) is 0 Å². The van der Waals surface area contributed by atoms with Crippen LogP contribution in [0.2, 0.25) is 0 Å². The molecule has 0 radical (unpaired) electrons. The number of aromatic amines is 1. The maximum atomic E-state index is 5.08. The molecule has 206 valence electrons. The minimum absolute atomic E-state index is 0.369. The van der Waals surface area contributed by atoms with Crippen LogP contribution in [0.1, 0.15) is 82.5 Å². The Morgan fingerprint density at radius 1 is 0.895 bits per heavy atom. The molecule has 1 N–H and O–H groups in total. The third-order valence-corrected chi connectivity index (χ3v) is 7.17. The zero-order chi connectivity index (χ0) is 26.9. The fourth-order valence-corrected chi connectivity index (χ4v) is 5.40. The molecular formula is C30H46N8. The summed E-state index contributed by atoms with van der Waals surface area (Å²) in [6, 6.07) is 7.13. The van der Waals surface area contributed by atoms with Crippen LogP contribution in [0.3, 0.4) is 0 Å². The van der Waals surface area contributed by atoms with Gasteiger partial charge in [0.1, 0.15) is 17.5 Å². The number of H-pyrrole nitrogens is 1. The van der Waals surface area contributed by atoms with Crippen molar-refractivity contribution in [1.82, 2.24) is 38.9 Å². The first kappa shape index (κ1) is 28.0. The second-order valence-corrected chi connectivity index (χ2v) is 10.7. The lowest BCUT2D eigenvalue weighted by molar-refractivity contribution is 0.233. The SMILES string of the molecule is CCCN(CCC)CCCCc1nc2ccc(CN(Cc3ncc[nH]3)Cc3nccn3C)cc2n1C(C)C. The maximum Gasteiger partial charge on any atom is 0.122 e. The normalized spacial score (nSPS) is 12.1. The van der Waals surface area contributed by atoms with Gasteiger partial charge in [-0.3, -0.25) is 4.90 Å². The molecule has 4 aromatic rings. The highest BCUT2D eigenvalue weighted by molar-refractivity contribution is 5.77. The Bertz CT molecular complexity index is 1230. The number of unbranched alkanes of at least 4 members (excludes halogenated alkanes) is 1. The highest BCUT2D eigenvalue weighted by atomic mass is 15.2. The van der Waals surface area contributed by atoms with E-state index in [4.69, 9.17) is 4.98 Å². The molecule has 0 spiro atoms. The zero-order valence-electron chi connectivity index (χ0n) is 24.0. The molecule has 0 bridgehead atoms. The molecule has 0 fully saturated rings. The van der Waals surface area contributed by atoms with Crippen LogP contribution < -0.4 is 0 Å². The summed E-state index contributed by atoms with van der Waals surface area (Å²) in [6.07, 6.45) is 13.4. The number of benzene rings is 1. The molecule has 0 saturated heterocycles.